The van der Waals surface area contributed by atoms with Crippen molar-refractivity contribution in [3.8, 4) is 0 Å². The summed E-state index contributed by atoms with van der Waals surface area (Å²) < 4.78 is 11.8. The summed E-state index contributed by atoms with van der Waals surface area (Å²) in [5, 5.41) is 6.54. The first-order valence-corrected chi connectivity index (χ1v) is 9.10. The van der Waals surface area contributed by atoms with Crippen molar-refractivity contribution in [3.63, 3.8) is 0 Å². The Morgan fingerprint density at radius 2 is 1.82 bits per heavy atom. The maximum atomic E-state index is 12.0. The molecule has 1 unspecified atom stereocenters. The van der Waals surface area contributed by atoms with Crippen molar-refractivity contribution in [2.24, 2.45) is 4.99 Å². The van der Waals surface area contributed by atoms with Gasteiger partial charge in [-0.2, -0.15) is 0 Å². The highest BCUT2D eigenvalue weighted by molar-refractivity contribution is 7.86. The van der Waals surface area contributed by atoms with Crippen molar-refractivity contribution >= 4 is 16.8 Å². The van der Waals surface area contributed by atoms with Gasteiger partial charge in [0.2, 0.25) is 0 Å². The molecule has 5 heteroatoms. The largest absolute Gasteiger partial charge is 0.355 e. The van der Waals surface area contributed by atoms with Crippen LogP contribution in [0.25, 0.3) is 0 Å². The van der Waals surface area contributed by atoms with Crippen molar-refractivity contribution in [1.29, 1.82) is 0 Å². The van der Waals surface area contributed by atoms with Crippen LogP contribution >= 0.6 is 0 Å². The number of hydrogen-bond donors (Lipinski definition) is 2. The summed E-state index contributed by atoms with van der Waals surface area (Å²) in [4.78, 5) is 4.21. The highest BCUT2D eigenvalue weighted by Crippen LogP contribution is 2.10. The topological polar surface area (TPSA) is 53.5 Å². The minimum Gasteiger partial charge on any atom is -0.355 e. The van der Waals surface area contributed by atoms with Crippen molar-refractivity contribution in [2.75, 3.05) is 19.3 Å². The zero-order valence-electron chi connectivity index (χ0n) is 14.4. The maximum absolute atomic E-state index is 12.0. The molecule has 124 valence electrons. The molecule has 4 nitrogen and oxygen atoms in total. The lowest BCUT2D eigenvalue weighted by Crippen LogP contribution is -2.40. The van der Waals surface area contributed by atoms with Crippen molar-refractivity contribution in [2.45, 2.75) is 45.4 Å². The third-order valence-corrected chi connectivity index (χ3v) is 5.37. The molecule has 0 fully saturated rings. The van der Waals surface area contributed by atoms with E-state index in [2.05, 4.69) is 46.8 Å². The van der Waals surface area contributed by atoms with E-state index in [1.165, 1.54) is 11.1 Å². The predicted octanol–water partition coefficient (Wildman–Crippen LogP) is 2.46. The number of hydrogen-bond acceptors (Lipinski definition) is 2. The van der Waals surface area contributed by atoms with E-state index in [4.69, 9.17) is 0 Å². The lowest BCUT2D eigenvalue weighted by atomic mass is 10.1. The zero-order chi connectivity index (χ0) is 16.6. The SMILES string of the molecule is CCc1ccccc1CNC(=NC)NCCS(=O)C(C)(C)C. The first-order valence-electron chi connectivity index (χ1n) is 7.78. The quantitative estimate of drug-likeness (QED) is 0.624. The molecule has 0 radical (unpaired) electrons. The second-order valence-electron chi connectivity index (χ2n) is 6.14. The van der Waals surface area contributed by atoms with E-state index in [1.54, 1.807) is 7.05 Å². The summed E-state index contributed by atoms with van der Waals surface area (Å²) >= 11 is 0. The molecule has 0 aliphatic rings. The Balaban J connectivity index is 2.45. The maximum Gasteiger partial charge on any atom is 0.191 e. The molecular weight excluding hydrogens is 294 g/mol. The highest BCUT2D eigenvalue weighted by Gasteiger charge is 2.18. The third kappa shape index (κ3) is 6.18. The average molecular weight is 324 g/mol. The van der Waals surface area contributed by atoms with Crippen LogP contribution < -0.4 is 10.6 Å². The molecule has 0 saturated heterocycles. The molecule has 0 aliphatic carbocycles. The number of rotatable bonds is 6. The van der Waals surface area contributed by atoms with Gasteiger partial charge in [0.15, 0.2) is 5.96 Å². The lowest BCUT2D eigenvalue weighted by molar-refractivity contribution is 0.647. The van der Waals surface area contributed by atoms with Gasteiger partial charge in [-0.1, -0.05) is 31.2 Å². The average Bonchev–Trinajstić information content (AvgIpc) is 2.49. The second-order valence-corrected chi connectivity index (χ2v) is 8.46. The third-order valence-electron chi connectivity index (χ3n) is 3.43. The summed E-state index contributed by atoms with van der Waals surface area (Å²) in [5.74, 6) is 1.37. The number of nitrogens with zero attached hydrogens (tertiary/aromatic N) is 1. The van der Waals surface area contributed by atoms with Crippen LogP contribution in [0.15, 0.2) is 29.3 Å². The molecule has 2 N–H and O–H groups in total. The summed E-state index contributed by atoms with van der Waals surface area (Å²) in [6, 6.07) is 8.41. The van der Waals surface area contributed by atoms with Gasteiger partial charge in [-0.3, -0.25) is 9.20 Å². The molecule has 1 aromatic rings. The van der Waals surface area contributed by atoms with Gasteiger partial charge in [-0.15, -0.1) is 0 Å². The number of aliphatic imine (C=N–C) groups is 1. The van der Waals surface area contributed by atoms with Gasteiger partial charge in [-0.05, 0) is 38.3 Å². The minimum atomic E-state index is -0.846. The molecule has 0 heterocycles. The number of aryl methyl sites for hydroxylation is 1. The van der Waals surface area contributed by atoms with E-state index < -0.39 is 10.8 Å². The monoisotopic (exact) mass is 323 g/mol. The van der Waals surface area contributed by atoms with Crippen molar-refractivity contribution in [3.05, 3.63) is 35.4 Å². The van der Waals surface area contributed by atoms with Gasteiger partial charge in [0.05, 0.1) is 0 Å². The lowest BCUT2D eigenvalue weighted by Gasteiger charge is -2.18. The molecule has 0 saturated carbocycles. The van der Waals surface area contributed by atoms with E-state index >= 15 is 0 Å². The summed E-state index contributed by atoms with van der Waals surface area (Å²) in [6.07, 6.45) is 1.02. The van der Waals surface area contributed by atoms with Crippen LogP contribution in [-0.2, 0) is 23.8 Å². The molecule has 0 aromatic heterocycles. The summed E-state index contributed by atoms with van der Waals surface area (Å²) in [5.41, 5.74) is 2.63. The Morgan fingerprint density at radius 1 is 1.18 bits per heavy atom. The molecule has 1 rings (SSSR count). The first-order chi connectivity index (χ1) is 10.4. The predicted molar refractivity (Wildman–Crippen MR) is 96.8 cm³/mol. The Morgan fingerprint density at radius 3 is 2.36 bits per heavy atom. The van der Waals surface area contributed by atoms with Gasteiger partial charge in [0.1, 0.15) is 0 Å². The number of benzene rings is 1. The van der Waals surface area contributed by atoms with Crippen LogP contribution in [0.2, 0.25) is 0 Å². The molecule has 1 atom stereocenters. The fourth-order valence-electron chi connectivity index (χ4n) is 2.04. The fraction of sp³-hybridized carbons (Fsp3) is 0.588. The molecule has 0 amide bonds. The van der Waals surface area contributed by atoms with Crippen LogP contribution in [0.3, 0.4) is 0 Å². The molecule has 0 spiro atoms. The van der Waals surface area contributed by atoms with E-state index in [0.29, 0.717) is 12.3 Å². The van der Waals surface area contributed by atoms with Gasteiger partial charge in [0, 0.05) is 41.4 Å². The number of guanidine groups is 1. The Labute approximate surface area is 137 Å². The van der Waals surface area contributed by atoms with Gasteiger partial charge < -0.3 is 10.6 Å². The molecule has 0 bridgehead atoms. The summed E-state index contributed by atoms with van der Waals surface area (Å²) in [7, 11) is 0.906. The van der Waals surface area contributed by atoms with Crippen molar-refractivity contribution < 1.29 is 4.21 Å². The van der Waals surface area contributed by atoms with E-state index in [9.17, 15) is 4.21 Å². The first kappa shape index (κ1) is 18.7. The van der Waals surface area contributed by atoms with Crippen LogP contribution in [0.5, 0.6) is 0 Å². The van der Waals surface area contributed by atoms with Gasteiger partial charge in [0.25, 0.3) is 0 Å². The standard InChI is InChI=1S/C17H29N3OS/c1-6-14-9-7-8-10-15(14)13-20-16(18-5)19-11-12-22(21)17(2,3)4/h7-10H,6,11-13H2,1-5H3,(H2,18,19,20). The Hall–Kier alpha value is -1.36. The Bertz CT molecular complexity index is 521. The van der Waals surface area contributed by atoms with Crippen LogP contribution in [0, 0.1) is 0 Å². The minimum absolute atomic E-state index is 0.168. The fourth-order valence-corrected chi connectivity index (χ4v) is 2.94. The van der Waals surface area contributed by atoms with Gasteiger partial charge in [-0.25, -0.2) is 0 Å². The van der Waals surface area contributed by atoms with E-state index in [0.717, 1.165) is 18.9 Å². The van der Waals surface area contributed by atoms with Crippen LogP contribution in [-0.4, -0.2) is 34.3 Å². The molecule has 1 aromatic carbocycles. The van der Waals surface area contributed by atoms with Crippen LogP contribution in [0.4, 0.5) is 0 Å². The second kappa shape index (κ2) is 8.93. The molecule has 22 heavy (non-hydrogen) atoms. The van der Waals surface area contributed by atoms with E-state index in [-0.39, 0.29) is 4.75 Å². The molecular formula is C17H29N3OS. The number of nitrogens with one attached hydrogen (secondary N) is 2. The van der Waals surface area contributed by atoms with Crippen molar-refractivity contribution in [1.82, 2.24) is 10.6 Å². The van der Waals surface area contributed by atoms with Gasteiger partial charge >= 0.3 is 0 Å². The smallest absolute Gasteiger partial charge is 0.191 e. The zero-order valence-corrected chi connectivity index (χ0v) is 15.2. The van der Waals surface area contributed by atoms with Crippen LogP contribution in [0.1, 0.15) is 38.8 Å². The Kier molecular flexibility index (Phi) is 7.59. The molecule has 0 aliphatic heterocycles. The highest BCUT2D eigenvalue weighted by atomic mass is 32.2. The van der Waals surface area contributed by atoms with E-state index in [1.807, 2.05) is 20.8 Å². The normalized spacial score (nSPS) is 13.8. The summed E-state index contributed by atoms with van der Waals surface area (Å²) in [6.45, 7) is 9.55.